The summed E-state index contributed by atoms with van der Waals surface area (Å²) in [7, 11) is 3.06. The van der Waals surface area contributed by atoms with E-state index in [-0.39, 0.29) is 0 Å². The predicted octanol–water partition coefficient (Wildman–Crippen LogP) is 0.461. The number of nitrogen functional groups attached to an aromatic ring is 1. The smallest absolute Gasteiger partial charge is 0.356 e. The van der Waals surface area contributed by atoms with Crippen LogP contribution < -0.4 is 11.6 Å². The number of hydrogen-bond donors (Lipinski definition) is 2. The van der Waals surface area contributed by atoms with E-state index in [0.717, 1.165) is 5.56 Å². The summed E-state index contributed by atoms with van der Waals surface area (Å²) in [4.78, 5) is 15.4. The maximum Gasteiger partial charge on any atom is 0.356 e. The Morgan fingerprint density at radius 2 is 2.00 bits per heavy atom. The van der Waals surface area contributed by atoms with E-state index in [2.05, 4.69) is 4.84 Å². The first-order valence-electron chi connectivity index (χ1n) is 4.97. The average molecular weight is 240 g/mol. The molecule has 0 aromatic heterocycles. The molecule has 94 valence electrons. The van der Waals surface area contributed by atoms with Crippen LogP contribution in [0.5, 0.6) is 0 Å². The Kier molecular flexibility index (Phi) is 4.89. The molecule has 0 saturated carbocycles. The fraction of sp³-hybridized carbons (Fsp3) is 0.364. The van der Waals surface area contributed by atoms with Crippen molar-refractivity contribution in [2.24, 2.45) is 5.90 Å². The van der Waals surface area contributed by atoms with Crippen molar-refractivity contribution in [3.63, 3.8) is 0 Å². The van der Waals surface area contributed by atoms with Crippen LogP contribution in [0.4, 0.5) is 5.69 Å². The van der Waals surface area contributed by atoms with Crippen molar-refractivity contribution in [2.45, 2.75) is 12.7 Å². The Balaban J connectivity index is 2.94. The number of carbonyl (C=O) groups excluding carboxylic acids is 1. The van der Waals surface area contributed by atoms with Gasteiger partial charge < -0.3 is 20.0 Å². The molecule has 0 spiro atoms. The number of benzene rings is 1. The summed E-state index contributed by atoms with van der Waals surface area (Å²) >= 11 is 0. The van der Waals surface area contributed by atoms with E-state index in [1.807, 2.05) is 0 Å². The van der Waals surface area contributed by atoms with Gasteiger partial charge in [0.05, 0.1) is 5.56 Å². The molecular weight excluding hydrogens is 224 g/mol. The monoisotopic (exact) mass is 240 g/mol. The number of nitrogens with two attached hydrogens (primary N) is 2. The highest BCUT2D eigenvalue weighted by atomic mass is 16.7. The van der Waals surface area contributed by atoms with Crippen LogP contribution in [-0.2, 0) is 20.7 Å². The van der Waals surface area contributed by atoms with Gasteiger partial charge in [-0.15, -0.1) is 0 Å². The van der Waals surface area contributed by atoms with Gasteiger partial charge in [0.25, 0.3) is 0 Å². The molecule has 0 atom stereocenters. The highest BCUT2D eigenvalue weighted by Gasteiger charge is 2.13. The topological polar surface area (TPSA) is 96.8 Å². The van der Waals surface area contributed by atoms with Crippen LogP contribution in [-0.4, -0.2) is 26.5 Å². The molecule has 6 nitrogen and oxygen atoms in total. The molecule has 0 heterocycles. The summed E-state index contributed by atoms with van der Waals surface area (Å²) in [6.45, 7) is 0. The van der Waals surface area contributed by atoms with Gasteiger partial charge in [0, 0.05) is 26.3 Å². The molecule has 0 fully saturated rings. The summed E-state index contributed by atoms with van der Waals surface area (Å²) in [5.74, 6) is 4.20. The Hall–Kier alpha value is -1.63. The van der Waals surface area contributed by atoms with Crippen LogP contribution >= 0.6 is 0 Å². The minimum atomic E-state index is -0.613. The third-order valence-electron chi connectivity index (χ3n) is 2.40. The average Bonchev–Trinajstić information content (AvgIpc) is 2.36. The lowest BCUT2D eigenvalue weighted by Crippen LogP contribution is -2.18. The number of anilines is 1. The lowest BCUT2D eigenvalue weighted by atomic mass is 10.1. The highest BCUT2D eigenvalue weighted by molar-refractivity contribution is 5.90. The Bertz CT molecular complexity index is 391. The van der Waals surface area contributed by atoms with Crippen LogP contribution in [0.15, 0.2) is 18.2 Å². The molecule has 0 saturated heterocycles. The summed E-state index contributed by atoms with van der Waals surface area (Å²) in [6, 6.07) is 4.77. The summed E-state index contributed by atoms with van der Waals surface area (Å²) in [5, 5.41) is 0. The van der Waals surface area contributed by atoms with E-state index >= 15 is 0 Å². The fourth-order valence-electron chi connectivity index (χ4n) is 1.42. The number of methoxy groups -OCH3 is 2. The zero-order valence-corrected chi connectivity index (χ0v) is 9.80. The standard InChI is InChI=1S/C11H16N2O4/c1-15-10(16-2)6-8-5-7(11(14)17-13)3-4-9(8)12/h3-5,10H,6,12-13H2,1-2H3. The Morgan fingerprint density at radius 1 is 1.35 bits per heavy atom. The number of hydrogen-bond acceptors (Lipinski definition) is 6. The van der Waals surface area contributed by atoms with Gasteiger partial charge in [-0.2, -0.15) is 5.90 Å². The first kappa shape index (κ1) is 13.4. The molecule has 0 unspecified atom stereocenters. The van der Waals surface area contributed by atoms with E-state index < -0.39 is 12.3 Å². The van der Waals surface area contributed by atoms with Crippen molar-refractivity contribution >= 4 is 11.7 Å². The largest absolute Gasteiger partial charge is 0.399 e. The van der Waals surface area contributed by atoms with Crippen LogP contribution in [0, 0.1) is 0 Å². The van der Waals surface area contributed by atoms with Crippen LogP contribution in [0.3, 0.4) is 0 Å². The maximum atomic E-state index is 11.3. The molecule has 0 aliphatic carbocycles. The molecule has 0 aliphatic rings. The molecular formula is C11H16N2O4. The minimum absolute atomic E-state index is 0.336. The Labute approximate surface area is 99.4 Å². The van der Waals surface area contributed by atoms with E-state index in [0.29, 0.717) is 17.7 Å². The Morgan fingerprint density at radius 3 is 2.53 bits per heavy atom. The van der Waals surface area contributed by atoms with Gasteiger partial charge in [0.15, 0.2) is 6.29 Å². The van der Waals surface area contributed by atoms with E-state index in [9.17, 15) is 4.79 Å². The fourth-order valence-corrected chi connectivity index (χ4v) is 1.42. The van der Waals surface area contributed by atoms with Gasteiger partial charge in [-0.1, -0.05) is 0 Å². The van der Waals surface area contributed by atoms with Gasteiger partial charge in [-0.25, -0.2) is 4.79 Å². The summed E-state index contributed by atoms with van der Waals surface area (Å²) in [6.07, 6.45) is 0.0197. The maximum absolute atomic E-state index is 11.3. The molecule has 1 aromatic rings. The highest BCUT2D eigenvalue weighted by Crippen LogP contribution is 2.17. The third-order valence-corrected chi connectivity index (χ3v) is 2.40. The van der Waals surface area contributed by atoms with Gasteiger partial charge >= 0.3 is 5.97 Å². The molecule has 1 rings (SSSR count). The molecule has 0 amide bonds. The van der Waals surface area contributed by atoms with Crippen molar-refractivity contribution in [3.8, 4) is 0 Å². The molecule has 6 heteroatoms. The lowest BCUT2D eigenvalue weighted by Gasteiger charge is -2.15. The number of ether oxygens (including phenoxy) is 2. The normalized spacial score (nSPS) is 10.6. The van der Waals surface area contributed by atoms with Crippen molar-refractivity contribution in [3.05, 3.63) is 29.3 Å². The zero-order chi connectivity index (χ0) is 12.8. The van der Waals surface area contributed by atoms with E-state index in [1.165, 1.54) is 14.2 Å². The zero-order valence-electron chi connectivity index (χ0n) is 9.80. The SMILES string of the molecule is COC(Cc1cc(C(=O)ON)ccc1N)OC. The van der Waals surface area contributed by atoms with Gasteiger partial charge in [0.1, 0.15) is 0 Å². The van der Waals surface area contributed by atoms with E-state index in [1.54, 1.807) is 18.2 Å². The van der Waals surface area contributed by atoms with Crippen molar-refractivity contribution in [2.75, 3.05) is 20.0 Å². The first-order valence-corrected chi connectivity index (χ1v) is 4.97. The van der Waals surface area contributed by atoms with Gasteiger partial charge in [-0.3, -0.25) is 0 Å². The summed E-state index contributed by atoms with van der Waals surface area (Å²) in [5.41, 5.74) is 7.42. The van der Waals surface area contributed by atoms with Gasteiger partial charge in [0.2, 0.25) is 0 Å². The number of rotatable bonds is 5. The second-order valence-corrected chi connectivity index (χ2v) is 3.42. The van der Waals surface area contributed by atoms with E-state index in [4.69, 9.17) is 21.1 Å². The third kappa shape index (κ3) is 3.42. The van der Waals surface area contributed by atoms with Crippen molar-refractivity contribution < 1.29 is 19.1 Å². The second-order valence-electron chi connectivity index (χ2n) is 3.42. The molecule has 17 heavy (non-hydrogen) atoms. The van der Waals surface area contributed by atoms with Crippen LogP contribution in [0.2, 0.25) is 0 Å². The molecule has 0 radical (unpaired) electrons. The second kappa shape index (κ2) is 6.19. The quantitative estimate of drug-likeness (QED) is 0.441. The lowest BCUT2D eigenvalue weighted by molar-refractivity contribution is -0.100. The molecule has 0 bridgehead atoms. The minimum Gasteiger partial charge on any atom is -0.399 e. The molecule has 0 aliphatic heterocycles. The van der Waals surface area contributed by atoms with Gasteiger partial charge in [-0.05, 0) is 23.8 Å². The number of carbonyl (C=O) groups is 1. The first-order chi connectivity index (χ1) is 8.12. The van der Waals surface area contributed by atoms with Crippen molar-refractivity contribution in [1.82, 2.24) is 0 Å². The molecule has 4 N–H and O–H groups in total. The summed E-state index contributed by atoms with van der Waals surface area (Å²) < 4.78 is 10.1. The van der Waals surface area contributed by atoms with Crippen LogP contribution in [0.1, 0.15) is 15.9 Å². The van der Waals surface area contributed by atoms with Crippen molar-refractivity contribution in [1.29, 1.82) is 0 Å². The van der Waals surface area contributed by atoms with Crippen LogP contribution in [0.25, 0.3) is 0 Å². The predicted molar refractivity (Wildman–Crippen MR) is 62.0 cm³/mol. The molecule has 1 aromatic carbocycles.